The lowest BCUT2D eigenvalue weighted by Gasteiger charge is -2.12. The number of para-hydroxylation sites is 1. The maximum Gasteiger partial charge on any atom is 0.293 e. The van der Waals surface area contributed by atoms with Gasteiger partial charge in [-0.25, -0.2) is 0 Å². The summed E-state index contributed by atoms with van der Waals surface area (Å²) in [5.41, 5.74) is 2.86. The third-order valence-electron chi connectivity index (χ3n) is 4.84. The number of nitrogens with zero attached hydrogens (tertiary/aromatic N) is 1. The minimum atomic E-state index is -0.264. The summed E-state index contributed by atoms with van der Waals surface area (Å²) in [6.07, 6.45) is 1.74. The Hall–Kier alpha value is -3.51. The smallest absolute Gasteiger partial charge is 0.293 e. The molecule has 6 heteroatoms. The number of thioether (sulfide) groups is 1. The molecule has 1 fully saturated rings. The van der Waals surface area contributed by atoms with Crippen LogP contribution < -0.4 is 9.47 Å². The van der Waals surface area contributed by atoms with Gasteiger partial charge in [0.05, 0.1) is 11.4 Å². The summed E-state index contributed by atoms with van der Waals surface area (Å²) in [5.74, 6) is 1.26. The second kappa shape index (κ2) is 10.2. The van der Waals surface area contributed by atoms with Gasteiger partial charge in [-0.15, -0.1) is 0 Å². The quantitative estimate of drug-likeness (QED) is 0.329. The molecule has 32 heavy (non-hydrogen) atoms. The van der Waals surface area contributed by atoms with Gasteiger partial charge in [0.2, 0.25) is 0 Å². The standard InChI is InChI=1S/C26H23NO4S/c1-19-6-5-7-21(16-19)18-27-25(28)24(32-26(27)29)17-20-10-12-23(13-11-20)31-15-14-30-22-8-3-2-4-9-22/h2-13,16-17H,14-15,18H2,1H3/b24-17+. The summed E-state index contributed by atoms with van der Waals surface area (Å²) in [5, 5.41) is -0.249. The summed E-state index contributed by atoms with van der Waals surface area (Å²) < 4.78 is 11.3. The number of aryl methyl sites for hydroxylation is 1. The number of imide groups is 1. The van der Waals surface area contributed by atoms with Crippen LogP contribution in [0.4, 0.5) is 4.79 Å². The normalized spacial score (nSPS) is 14.8. The summed E-state index contributed by atoms with van der Waals surface area (Å²) in [6.45, 7) is 3.13. The molecule has 1 heterocycles. The zero-order valence-corrected chi connectivity index (χ0v) is 18.5. The van der Waals surface area contributed by atoms with Crippen molar-refractivity contribution >= 4 is 29.0 Å². The molecular formula is C26H23NO4S. The van der Waals surface area contributed by atoms with Gasteiger partial charge in [0.15, 0.2) is 0 Å². The van der Waals surface area contributed by atoms with Crippen molar-refractivity contribution in [2.75, 3.05) is 13.2 Å². The highest BCUT2D eigenvalue weighted by Gasteiger charge is 2.34. The molecule has 2 amide bonds. The minimum absolute atomic E-state index is 0.249. The molecule has 0 aromatic heterocycles. The fraction of sp³-hybridized carbons (Fsp3) is 0.154. The Morgan fingerprint density at radius 2 is 1.53 bits per heavy atom. The lowest BCUT2D eigenvalue weighted by Crippen LogP contribution is -2.27. The predicted octanol–water partition coefficient (Wildman–Crippen LogP) is 5.69. The van der Waals surface area contributed by atoms with Crippen molar-refractivity contribution in [3.63, 3.8) is 0 Å². The van der Waals surface area contributed by atoms with Gasteiger partial charge in [0, 0.05) is 0 Å². The number of benzene rings is 3. The molecular weight excluding hydrogens is 422 g/mol. The lowest BCUT2D eigenvalue weighted by molar-refractivity contribution is -0.123. The van der Waals surface area contributed by atoms with E-state index in [9.17, 15) is 9.59 Å². The Morgan fingerprint density at radius 1 is 0.844 bits per heavy atom. The second-order valence-electron chi connectivity index (χ2n) is 7.34. The van der Waals surface area contributed by atoms with Crippen molar-refractivity contribution < 1.29 is 19.1 Å². The van der Waals surface area contributed by atoms with E-state index in [4.69, 9.17) is 9.47 Å². The van der Waals surface area contributed by atoms with Crippen molar-refractivity contribution in [1.29, 1.82) is 0 Å². The Kier molecular flexibility index (Phi) is 6.92. The number of amides is 2. The molecule has 0 aliphatic carbocycles. The van der Waals surface area contributed by atoms with Crippen LogP contribution in [0.25, 0.3) is 6.08 Å². The van der Waals surface area contributed by atoms with Gasteiger partial charge in [-0.05, 0) is 60.2 Å². The first-order valence-corrected chi connectivity index (χ1v) is 11.1. The van der Waals surface area contributed by atoms with Crippen LogP contribution in [-0.2, 0) is 11.3 Å². The zero-order valence-electron chi connectivity index (χ0n) is 17.7. The van der Waals surface area contributed by atoms with Crippen LogP contribution in [0.3, 0.4) is 0 Å². The summed E-state index contributed by atoms with van der Waals surface area (Å²) in [4.78, 5) is 26.8. The molecule has 0 radical (unpaired) electrons. The summed E-state index contributed by atoms with van der Waals surface area (Å²) >= 11 is 0.970. The van der Waals surface area contributed by atoms with Crippen molar-refractivity contribution in [1.82, 2.24) is 4.90 Å². The van der Waals surface area contributed by atoms with E-state index < -0.39 is 0 Å². The average molecular weight is 446 g/mol. The highest BCUT2D eigenvalue weighted by atomic mass is 32.2. The second-order valence-corrected chi connectivity index (χ2v) is 8.33. The highest BCUT2D eigenvalue weighted by molar-refractivity contribution is 8.18. The molecule has 0 unspecified atom stereocenters. The predicted molar refractivity (Wildman–Crippen MR) is 127 cm³/mol. The summed E-state index contributed by atoms with van der Waals surface area (Å²) in [6, 6.07) is 24.8. The monoisotopic (exact) mass is 445 g/mol. The molecule has 1 saturated heterocycles. The first-order chi connectivity index (χ1) is 15.6. The Labute approximate surface area is 191 Å². The molecule has 0 N–H and O–H groups in total. The maximum atomic E-state index is 12.7. The molecule has 5 nitrogen and oxygen atoms in total. The van der Waals surface area contributed by atoms with Crippen LogP contribution in [0.5, 0.6) is 11.5 Å². The van der Waals surface area contributed by atoms with Crippen LogP contribution in [0.15, 0.2) is 83.8 Å². The minimum Gasteiger partial charge on any atom is -0.490 e. The van der Waals surface area contributed by atoms with E-state index in [1.807, 2.05) is 85.8 Å². The topological polar surface area (TPSA) is 55.8 Å². The van der Waals surface area contributed by atoms with Gasteiger partial charge < -0.3 is 9.47 Å². The van der Waals surface area contributed by atoms with E-state index in [0.29, 0.717) is 23.9 Å². The van der Waals surface area contributed by atoms with Crippen molar-refractivity contribution in [3.05, 3.63) is 100 Å². The Bertz CT molecular complexity index is 1130. The number of carbonyl (C=O) groups excluding carboxylic acids is 2. The van der Waals surface area contributed by atoms with Crippen LogP contribution in [0.2, 0.25) is 0 Å². The molecule has 0 spiro atoms. The van der Waals surface area contributed by atoms with Gasteiger partial charge in [-0.3, -0.25) is 14.5 Å². The SMILES string of the molecule is Cc1cccc(CN2C(=O)S/C(=C/c3ccc(OCCOc4ccccc4)cc3)C2=O)c1. The van der Waals surface area contributed by atoms with Gasteiger partial charge in [0.25, 0.3) is 11.1 Å². The molecule has 4 rings (SSSR count). The van der Waals surface area contributed by atoms with Crippen LogP contribution in [0, 0.1) is 6.92 Å². The molecule has 162 valence electrons. The highest BCUT2D eigenvalue weighted by Crippen LogP contribution is 2.33. The van der Waals surface area contributed by atoms with Gasteiger partial charge >= 0.3 is 0 Å². The molecule has 1 aliphatic heterocycles. The largest absolute Gasteiger partial charge is 0.490 e. The molecule has 0 saturated carbocycles. The third-order valence-corrected chi connectivity index (χ3v) is 5.75. The maximum absolute atomic E-state index is 12.7. The fourth-order valence-electron chi connectivity index (χ4n) is 3.28. The molecule has 3 aromatic rings. The van der Waals surface area contributed by atoms with Crippen molar-refractivity contribution in [2.45, 2.75) is 13.5 Å². The van der Waals surface area contributed by atoms with E-state index in [0.717, 1.165) is 34.2 Å². The van der Waals surface area contributed by atoms with E-state index in [2.05, 4.69) is 0 Å². The van der Waals surface area contributed by atoms with Crippen molar-refractivity contribution in [3.8, 4) is 11.5 Å². The average Bonchev–Trinajstić information content (AvgIpc) is 3.06. The molecule has 0 atom stereocenters. The Balaban J connectivity index is 1.32. The van der Waals surface area contributed by atoms with Gasteiger partial charge in [-0.1, -0.05) is 60.2 Å². The van der Waals surface area contributed by atoms with Gasteiger partial charge in [-0.2, -0.15) is 0 Å². The van der Waals surface area contributed by atoms with Crippen molar-refractivity contribution in [2.24, 2.45) is 0 Å². The number of hydrogen-bond donors (Lipinski definition) is 0. The van der Waals surface area contributed by atoms with Crippen LogP contribution in [-0.4, -0.2) is 29.3 Å². The number of carbonyl (C=O) groups is 2. The first-order valence-electron chi connectivity index (χ1n) is 10.3. The fourth-order valence-corrected chi connectivity index (χ4v) is 4.12. The number of ether oxygens (including phenoxy) is 2. The van der Waals surface area contributed by atoms with E-state index in [1.165, 1.54) is 4.90 Å². The summed E-state index contributed by atoms with van der Waals surface area (Å²) in [7, 11) is 0. The molecule has 1 aliphatic rings. The first kappa shape index (κ1) is 21.7. The van der Waals surface area contributed by atoms with Crippen LogP contribution >= 0.6 is 11.8 Å². The van der Waals surface area contributed by atoms with Crippen LogP contribution in [0.1, 0.15) is 16.7 Å². The number of rotatable bonds is 8. The Morgan fingerprint density at radius 3 is 2.22 bits per heavy atom. The zero-order chi connectivity index (χ0) is 22.3. The molecule has 0 bridgehead atoms. The molecule has 3 aromatic carbocycles. The van der Waals surface area contributed by atoms with Gasteiger partial charge in [0.1, 0.15) is 24.7 Å². The third kappa shape index (κ3) is 5.59. The number of hydrogen-bond acceptors (Lipinski definition) is 5. The van der Waals surface area contributed by atoms with E-state index in [-0.39, 0.29) is 17.7 Å². The van der Waals surface area contributed by atoms with E-state index in [1.54, 1.807) is 6.08 Å². The lowest BCUT2D eigenvalue weighted by atomic mass is 10.1. The van der Waals surface area contributed by atoms with E-state index >= 15 is 0 Å².